The number of aromatic nitrogens is 2. The van der Waals surface area contributed by atoms with Gasteiger partial charge >= 0.3 is 0 Å². The molecule has 1 aromatic carbocycles. The SMILES string of the molecule is N#CC1(c2ccc(-c3cncnc3)cc2)CCCC1. The van der Waals surface area contributed by atoms with E-state index < -0.39 is 0 Å². The van der Waals surface area contributed by atoms with E-state index in [0.717, 1.165) is 42.4 Å². The molecule has 0 atom stereocenters. The average Bonchev–Trinajstić information content (AvgIpc) is 2.98. The highest BCUT2D eigenvalue weighted by Gasteiger charge is 2.35. The van der Waals surface area contributed by atoms with Gasteiger partial charge in [-0.15, -0.1) is 0 Å². The molecule has 0 unspecified atom stereocenters. The zero-order chi connectivity index (χ0) is 13.1. The molecular formula is C16H15N3. The lowest BCUT2D eigenvalue weighted by Gasteiger charge is -2.20. The van der Waals surface area contributed by atoms with Crippen LogP contribution in [0.2, 0.25) is 0 Å². The lowest BCUT2D eigenvalue weighted by Crippen LogP contribution is -2.18. The van der Waals surface area contributed by atoms with Gasteiger partial charge in [0.2, 0.25) is 0 Å². The summed E-state index contributed by atoms with van der Waals surface area (Å²) >= 11 is 0. The Bertz CT molecular complexity index is 590. The maximum Gasteiger partial charge on any atom is 0.115 e. The van der Waals surface area contributed by atoms with E-state index in [2.05, 4.69) is 40.3 Å². The maximum atomic E-state index is 9.49. The van der Waals surface area contributed by atoms with Crippen LogP contribution >= 0.6 is 0 Å². The summed E-state index contributed by atoms with van der Waals surface area (Å²) < 4.78 is 0. The molecule has 0 spiro atoms. The summed E-state index contributed by atoms with van der Waals surface area (Å²) in [5, 5.41) is 9.49. The normalized spacial score (nSPS) is 17.0. The van der Waals surface area contributed by atoms with Crippen LogP contribution in [0, 0.1) is 11.3 Å². The second-order valence-corrected chi connectivity index (χ2v) is 5.11. The van der Waals surface area contributed by atoms with Crippen molar-refractivity contribution in [3.05, 3.63) is 48.5 Å². The fourth-order valence-electron chi connectivity index (χ4n) is 2.87. The first-order valence-electron chi connectivity index (χ1n) is 6.61. The van der Waals surface area contributed by atoms with E-state index in [0.29, 0.717) is 0 Å². The van der Waals surface area contributed by atoms with E-state index in [4.69, 9.17) is 0 Å². The fourth-order valence-corrected chi connectivity index (χ4v) is 2.87. The van der Waals surface area contributed by atoms with Crippen molar-refractivity contribution in [3.8, 4) is 17.2 Å². The number of nitrogens with zero attached hydrogens (tertiary/aromatic N) is 3. The number of hydrogen-bond acceptors (Lipinski definition) is 3. The van der Waals surface area contributed by atoms with Gasteiger partial charge in [-0.2, -0.15) is 5.26 Å². The molecule has 0 N–H and O–H groups in total. The number of rotatable bonds is 2. The van der Waals surface area contributed by atoms with Crippen LogP contribution in [0.25, 0.3) is 11.1 Å². The Morgan fingerprint density at radius 2 is 1.58 bits per heavy atom. The first-order valence-corrected chi connectivity index (χ1v) is 6.61. The Balaban J connectivity index is 1.94. The molecule has 1 saturated carbocycles. The van der Waals surface area contributed by atoms with Crippen molar-refractivity contribution in [1.29, 1.82) is 5.26 Å². The Hall–Kier alpha value is -2.21. The van der Waals surface area contributed by atoms with E-state index >= 15 is 0 Å². The van der Waals surface area contributed by atoms with E-state index in [1.54, 1.807) is 12.4 Å². The summed E-state index contributed by atoms with van der Waals surface area (Å²) in [5.74, 6) is 0. The van der Waals surface area contributed by atoms with Crippen LogP contribution in [0.3, 0.4) is 0 Å². The van der Waals surface area contributed by atoms with Crippen LogP contribution in [0.5, 0.6) is 0 Å². The van der Waals surface area contributed by atoms with Crippen LogP contribution in [-0.2, 0) is 5.41 Å². The van der Waals surface area contributed by atoms with E-state index in [1.165, 1.54) is 6.33 Å². The molecule has 3 heteroatoms. The monoisotopic (exact) mass is 249 g/mol. The number of nitriles is 1. The van der Waals surface area contributed by atoms with Gasteiger partial charge in [0.25, 0.3) is 0 Å². The van der Waals surface area contributed by atoms with Gasteiger partial charge in [-0.3, -0.25) is 0 Å². The molecule has 19 heavy (non-hydrogen) atoms. The lowest BCUT2D eigenvalue weighted by molar-refractivity contribution is 0.573. The molecule has 1 aliphatic rings. The smallest absolute Gasteiger partial charge is 0.115 e. The number of benzene rings is 1. The minimum Gasteiger partial charge on any atom is -0.244 e. The molecule has 0 radical (unpaired) electrons. The van der Waals surface area contributed by atoms with Crippen molar-refractivity contribution in [3.63, 3.8) is 0 Å². The van der Waals surface area contributed by atoms with Crippen LogP contribution in [-0.4, -0.2) is 9.97 Å². The van der Waals surface area contributed by atoms with Crippen molar-refractivity contribution in [2.24, 2.45) is 0 Å². The Morgan fingerprint density at radius 1 is 0.947 bits per heavy atom. The van der Waals surface area contributed by atoms with Crippen LogP contribution in [0.4, 0.5) is 0 Å². The third-order valence-electron chi connectivity index (χ3n) is 4.00. The molecule has 0 aliphatic heterocycles. The molecule has 3 rings (SSSR count). The van der Waals surface area contributed by atoms with Crippen molar-refractivity contribution < 1.29 is 0 Å². The second-order valence-electron chi connectivity index (χ2n) is 5.11. The van der Waals surface area contributed by atoms with Gasteiger partial charge in [-0.25, -0.2) is 9.97 Å². The summed E-state index contributed by atoms with van der Waals surface area (Å²) in [7, 11) is 0. The van der Waals surface area contributed by atoms with E-state index in [1.807, 2.05) is 0 Å². The van der Waals surface area contributed by atoms with Crippen molar-refractivity contribution >= 4 is 0 Å². The highest BCUT2D eigenvalue weighted by atomic mass is 14.8. The second kappa shape index (κ2) is 4.81. The Labute approximate surface area is 113 Å². The van der Waals surface area contributed by atoms with Crippen LogP contribution < -0.4 is 0 Å². The molecule has 0 bridgehead atoms. The van der Waals surface area contributed by atoms with Gasteiger partial charge in [0.1, 0.15) is 6.33 Å². The molecule has 94 valence electrons. The Morgan fingerprint density at radius 3 is 2.16 bits per heavy atom. The largest absolute Gasteiger partial charge is 0.244 e. The fraction of sp³-hybridized carbons (Fsp3) is 0.312. The first kappa shape index (κ1) is 11.9. The summed E-state index contributed by atoms with van der Waals surface area (Å²) in [5.41, 5.74) is 2.99. The standard InChI is InChI=1S/C16H15N3/c17-11-16(7-1-2-8-16)15-5-3-13(4-6-15)14-9-18-12-19-10-14/h3-6,9-10,12H,1-2,7-8H2. The third-order valence-corrected chi connectivity index (χ3v) is 4.00. The van der Waals surface area contributed by atoms with Gasteiger partial charge < -0.3 is 0 Å². The summed E-state index contributed by atoms with van der Waals surface area (Å²) in [6.45, 7) is 0. The minimum atomic E-state index is -0.258. The minimum absolute atomic E-state index is 0.258. The molecule has 0 amide bonds. The number of hydrogen-bond donors (Lipinski definition) is 0. The molecule has 3 nitrogen and oxygen atoms in total. The molecular weight excluding hydrogens is 234 g/mol. The third kappa shape index (κ3) is 2.10. The molecule has 0 saturated heterocycles. The maximum absolute atomic E-state index is 9.49. The van der Waals surface area contributed by atoms with Gasteiger partial charge in [0, 0.05) is 18.0 Å². The molecule has 1 heterocycles. The molecule has 2 aromatic rings. The zero-order valence-corrected chi connectivity index (χ0v) is 10.7. The van der Waals surface area contributed by atoms with Crippen molar-refractivity contribution in [2.45, 2.75) is 31.1 Å². The van der Waals surface area contributed by atoms with E-state index in [-0.39, 0.29) is 5.41 Å². The molecule has 1 aromatic heterocycles. The first-order chi connectivity index (χ1) is 9.34. The molecule has 1 aliphatic carbocycles. The lowest BCUT2D eigenvalue weighted by atomic mass is 9.80. The van der Waals surface area contributed by atoms with Gasteiger partial charge in [-0.05, 0) is 24.0 Å². The van der Waals surface area contributed by atoms with Gasteiger partial charge in [0.15, 0.2) is 0 Å². The highest BCUT2D eigenvalue weighted by Crippen LogP contribution is 2.40. The topological polar surface area (TPSA) is 49.6 Å². The average molecular weight is 249 g/mol. The summed E-state index contributed by atoms with van der Waals surface area (Å²) in [6, 6.07) is 10.8. The van der Waals surface area contributed by atoms with Crippen molar-refractivity contribution in [1.82, 2.24) is 9.97 Å². The van der Waals surface area contributed by atoms with Crippen molar-refractivity contribution in [2.75, 3.05) is 0 Å². The summed E-state index contributed by atoms with van der Waals surface area (Å²) in [4.78, 5) is 8.05. The van der Waals surface area contributed by atoms with Crippen LogP contribution in [0.1, 0.15) is 31.2 Å². The quantitative estimate of drug-likeness (QED) is 0.818. The van der Waals surface area contributed by atoms with Gasteiger partial charge in [0.05, 0.1) is 11.5 Å². The van der Waals surface area contributed by atoms with Crippen LogP contribution in [0.15, 0.2) is 43.0 Å². The Kier molecular flexibility index (Phi) is 3.00. The van der Waals surface area contributed by atoms with E-state index in [9.17, 15) is 5.26 Å². The van der Waals surface area contributed by atoms with Gasteiger partial charge in [-0.1, -0.05) is 37.1 Å². The highest BCUT2D eigenvalue weighted by molar-refractivity contribution is 5.62. The zero-order valence-electron chi connectivity index (χ0n) is 10.7. The predicted molar refractivity (Wildman–Crippen MR) is 73.2 cm³/mol. The molecule has 1 fully saturated rings. The summed E-state index contributed by atoms with van der Waals surface area (Å²) in [6.07, 6.45) is 9.41. The predicted octanol–water partition coefficient (Wildman–Crippen LogP) is 3.48.